The molecule has 1 unspecified atom stereocenters. The van der Waals surface area contributed by atoms with Gasteiger partial charge in [0.05, 0.1) is 0 Å². The zero-order valence-corrected chi connectivity index (χ0v) is 33.7. The van der Waals surface area contributed by atoms with Gasteiger partial charge in [0, 0.05) is 0 Å². The number of hydrogen-bond donors (Lipinski definition) is 0. The maximum atomic E-state index is 2.81. The Hall–Kier alpha value is -1.53. The van der Waals surface area contributed by atoms with Crippen LogP contribution in [0, 0.1) is 18.3 Å². The summed E-state index contributed by atoms with van der Waals surface area (Å²) in [4.78, 5) is 0. The molecule has 0 saturated heterocycles. The summed E-state index contributed by atoms with van der Waals surface area (Å²) in [6.07, 6.45) is 4.99. The molecular formula is C42H54Cl2Zr. The molecule has 0 aromatic heterocycles. The second-order valence-electron chi connectivity index (χ2n) is 16.1. The van der Waals surface area contributed by atoms with E-state index in [0.29, 0.717) is 9.54 Å². The predicted octanol–water partition coefficient (Wildman–Crippen LogP) is 5.81. The first-order valence-corrected chi connectivity index (χ1v) is 20.6. The van der Waals surface area contributed by atoms with Crippen LogP contribution in [-0.2, 0) is 32.1 Å². The zero-order chi connectivity index (χ0) is 31.5. The summed E-state index contributed by atoms with van der Waals surface area (Å²) in [7, 11) is 0. The van der Waals surface area contributed by atoms with Crippen LogP contribution >= 0.6 is 0 Å². The molecule has 5 rings (SSSR count). The van der Waals surface area contributed by atoms with Crippen molar-refractivity contribution in [3.8, 4) is 11.1 Å². The minimum Gasteiger partial charge on any atom is -1.00 e. The van der Waals surface area contributed by atoms with Gasteiger partial charge in [0.25, 0.3) is 0 Å². The Labute approximate surface area is 295 Å². The molecule has 0 heterocycles. The van der Waals surface area contributed by atoms with Gasteiger partial charge >= 0.3 is 272 Å². The number of rotatable bonds is 5. The first kappa shape index (κ1) is 37.9. The largest absolute Gasteiger partial charge is 1.00 e. The van der Waals surface area contributed by atoms with E-state index in [9.17, 15) is 0 Å². The van der Waals surface area contributed by atoms with E-state index in [4.69, 9.17) is 0 Å². The quantitative estimate of drug-likeness (QED) is 0.312. The molecule has 0 amide bonds. The van der Waals surface area contributed by atoms with Crippen molar-refractivity contribution in [3.05, 3.63) is 115 Å². The molecule has 2 aliphatic rings. The Kier molecular flexibility index (Phi) is 11.7. The number of benzene rings is 3. The topological polar surface area (TPSA) is 0 Å². The van der Waals surface area contributed by atoms with Crippen LogP contribution in [0.1, 0.15) is 126 Å². The zero-order valence-electron chi connectivity index (χ0n) is 29.8. The van der Waals surface area contributed by atoms with Crippen LogP contribution in [0.15, 0.2) is 81.2 Å². The van der Waals surface area contributed by atoms with Crippen LogP contribution in [0.4, 0.5) is 0 Å². The van der Waals surface area contributed by atoms with E-state index in [-0.39, 0.29) is 41.1 Å². The molecule has 0 aliphatic heterocycles. The predicted molar refractivity (Wildman–Crippen MR) is 186 cm³/mol. The van der Waals surface area contributed by atoms with E-state index in [1.165, 1.54) is 39.8 Å². The molecule has 0 nitrogen and oxygen atoms in total. The molecule has 0 N–H and O–H groups in total. The SMILES string of the molecule is CCC1=[C](/[Zr+2](=[CH]/c2ccc(C)cc2)[CH]2c3ccc(C(C)(C)C)cc3-c3cc(C(C)(C)C)ccc32)C(CC)C=C1C(C)(C)C.[Cl-].[Cl-]. The Balaban J connectivity index is 0.00000276. The van der Waals surface area contributed by atoms with E-state index in [1.54, 1.807) is 22.3 Å². The Bertz CT molecular complexity index is 1570. The maximum absolute atomic E-state index is 2.81. The van der Waals surface area contributed by atoms with Crippen LogP contribution in [-0.4, -0.2) is 3.71 Å². The maximum Gasteiger partial charge on any atom is -1.00 e. The molecule has 0 fully saturated rings. The number of fused-ring (bicyclic) bond motifs is 3. The van der Waals surface area contributed by atoms with Gasteiger partial charge in [-0.3, -0.25) is 0 Å². The van der Waals surface area contributed by atoms with Gasteiger partial charge in [-0.1, -0.05) is 0 Å². The van der Waals surface area contributed by atoms with Gasteiger partial charge in [-0.15, -0.1) is 0 Å². The van der Waals surface area contributed by atoms with Crippen LogP contribution in [0.25, 0.3) is 11.1 Å². The van der Waals surface area contributed by atoms with Gasteiger partial charge in [0.1, 0.15) is 0 Å². The monoisotopic (exact) mass is 718 g/mol. The molecule has 3 aromatic rings. The summed E-state index contributed by atoms with van der Waals surface area (Å²) in [6, 6.07) is 24.4. The van der Waals surface area contributed by atoms with E-state index in [0.717, 1.165) is 6.42 Å². The summed E-state index contributed by atoms with van der Waals surface area (Å²) < 4.78 is 5.14. The number of hydrogen-bond acceptors (Lipinski definition) is 0. The van der Waals surface area contributed by atoms with Gasteiger partial charge < -0.3 is 24.8 Å². The Morgan fingerprint density at radius 2 is 1.16 bits per heavy atom. The third kappa shape index (κ3) is 7.48. The fourth-order valence-corrected chi connectivity index (χ4v) is 16.4. The smallest absolute Gasteiger partial charge is 1.00 e. The average molecular weight is 721 g/mol. The third-order valence-electron chi connectivity index (χ3n) is 9.76. The Morgan fingerprint density at radius 1 is 0.667 bits per heavy atom. The second-order valence-corrected chi connectivity index (χ2v) is 21.8. The van der Waals surface area contributed by atoms with Crippen molar-refractivity contribution in [2.75, 3.05) is 0 Å². The van der Waals surface area contributed by atoms with Gasteiger partial charge in [-0.05, 0) is 0 Å². The average Bonchev–Trinajstić information content (AvgIpc) is 3.47. The molecule has 45 heavy (non-hydrogen) atoms. The van der Waals surface area contributed by atoms with Crippen molar-refractivity contribution >= 4 is 3.71 Å². The minimum atomic E-state index is -2.56. The molecule has 2 aliphatic carbocycles. The van der Waals surface area contributed by atoms with Gasteiger partial charge in [0.15, 0.2) is 0 Å². The summed E-state index contributed by atoms with van der Waals surface area (Å²) >= 11 is -2.56. The molecular weight excluding hydrogens is 667 g/mol. The van der Waals surface area contributed by atoms with E-state index < -0.39 is 21.3 Å². The van der Waals surface area contributed by atoms with E-state index in [2.05, 4.69) is 154 Å². The normalized spacial score (nSPS) is 16.6. The van der Waals surface area contributed by atoms with Crippen LogP contribution < -0.4 is 24.8 Å². The molecule has 1 atom stereocenters. The molecule has 0 bridgehead atoms. The van der Waals surface area contributed by atoms with Crippen molar-refractivity contribution in [1.29, 1.82) is 0 Å². The standard InChI is InChI=1S/C21H25.C13H21.C8H8.2ClH.Zr/c1-20(2,3)16-9-7-14-11-15-8-10-17(21(4,5)6)13-19(15)18(14)12-16;1-6-10-8-11(7-2)12(9-10)13(3,4)5;1-7-3-5-8(2)6-4-7;;;/h7-13H,1-6H3;9-10H,6-7H2,1-5H3;1,3-6H,2H3;2*1H;/q;;;;;+2/p-2. The minimum absolute atomic E-state index is 0. The second kappa shape index (κ2) is 13.9. The van der Waals surface area contributed by atoms with E-state index >= 15 is 0 Å². The number of allylic oxidation sites excluding steroid dienone is 4. The van der Waals surface area contributed by atoms with Crippen molar-refractivity contribution < 1.29 is 46.1 Å². The first-order chi connectivity index (χ1) is 20.0. The molecule has 3 aromatic carbocycles. The first-order valence-electron chi connectivity index (χ1n) is 16.6. The Morgan fingerprint density at radius 3 is 1.56 bits per heavy atom. The van der Waals surface area contributed by atoms with Crippen molar-refractivity contribution in [3.63, 3.8) is 0 Å². The fourth-order valence-electron chi connectivity index (χ4n) is 7.22. The van der Waals surface area contributed by atoms with Gasteiger partial charge in [-0.25, -0.2) is 0 Å². The van der Waals surface area contributed by atoms with Crippen LogP contribution in [0.3, 0.4) is 0 Å². The summed E-state index contributed by atoms with van der Waals surface area (Å²) in [6.45, 7) is 28.4. The molecule has 0 spiro atoms. The van der Waals surface area contributed by atoms with Crippen molar-refractivity contribution in [2.45, 2.75) is 110 Å². The molecule has 3 heteroatoms. The van der Waals surface area contributed by atoms with E-state index in [1.807, 2.05) is 3.28 Å². The number of halogens is 2. The van der Waals surface area contributed by atoms with Gasteiger partial charge in [0.2, 0.25) is 0 Å². The van der Waals surface area contributed by atoms with Gasteiger partial charge in [-0.2, -0.15) is 0 Å². The molecule has 0 saturated carbocycles. The molecule has 0 radical (unpaired) electrons. The van der Waals surface area contributed by atoms with Crippen LogP contribution in [0.5, 0.6) is 0 Å². The number of aryl methyl sites for hydroxylation is 1. The molecule has 240 valence electrons. The van der Waals surface area contributed by atoms with Crippen molar-refractivity contribution in [2.24, 2.45) is 11.3 Å². The summed E-state index contributed by atoms with van der Waals surface area (Å²) in [5.41, 5.74) is 15.4. The fraction of sp³-hybridized carbons (Fsp3) is 0.452. The summed E-state index contributed by atoms with van der Waals surface area (Å²) in [5.74, 6) is 0.551. The third-order valence-corrected chi connectivity index (χ3v) is 17.6. The van der Waals surface area contributed by atoms with Crippen LogP contribution in [0.2, 0.25) is 0 Å². The summed E-state index contributed by atoms with van der Waals surface area (Å²) in [5, 5.41) is 0. The van der Waals surface area contributed by atoms with Crippen molar-refractivity contribution in [1.82, 2.24) is 0 Å².